The maximum atomic E-state index is 5.50. The number of aromatic nitrogens is 1. The fraction of sp³-hybridized carbons (Fsp3) is 0.357. The summed E-state index contributed by atoms with van der Waals surface area (Å²) < 4.78 is 11.6. The standard InChI is InChI=1S/C14H17BrN2O2/c1-10-7-11(3-4-13(10)15)14-17-12(9-19-14)8-16-5-6-18-2/h3-4,7,9,16H,5-6,8H2,1-2H3. The predicted molar refractivity (Wildman–Crippen MR) is 78.0 cm³/mol. The third kappa shape index (κ3) is 3.89. The van der Waals surface area contributed by atoms with Gasteiger partial charge in [0, 0.05) is 30.2 Å². The van der Waals surface area contributed by atoms with Crippen LogP contribution in [0.3, 0.4) is 0 Å². The molecule has 2 rings (SSSR count). The summed E-state index contributed by atoms with van der Waals surface area (Å²) in [5.74, 6) is 0.652. The highest BCUT2D eigenvalue weighted by Crippen LogP contribution is 2.24. The Bertz CT molecular complexity index is 540. The van der Waals surface area contributed by atoms with Crippen LogP contribution in [0.2, 0.25) is 0 Å². The molecule has 1 aromatic heterocycles. The van der Waals surface area contributed by atoms with Gasteiger partial charge in [-0.05, 0) is 30.7 Å². The van der Waals surface area contributed by atoms with E-state index in [1.165, 1.54) is 0 Å². The van der Waals surface area contributed by atoms with Crippen LogP contribution in [0.1, 0.15) is 11.3 Å². The molecule has 0 bridgehead atoms. The van der Waals surface area contributed by atoms with Gasteiger partial charge in [-0.3, -0.25) is 0 Å². The van der Waals surface area contributed by atoms with E-state index >= 15 is 0 Å². The number of benzene rings is 1. The van der Waals surface area contributed by atoms with E-state index in [4.69, 9.17) is 9.15 Å². The molecule has 0 saturated carbocycles. The molecule has 0 fully saturated rings. The molecule has 0 aliphatic heterocycles. The smallest absolute Gasteiger partial charge is 0.226 e. The van der Waals surface area contributed by atoms with E-state index in [0.29, 0.717) is 19.0 Å². The van der Waals surface area contributed by atoms with Gasteiger partial charge in [0.15, 0.2) is 0 Å². The molecule has 0 saturated heterocycles. The lowest BCUT2D eigenvalue weighted by atomic mass is 10.1. The van der Waals surface area contributed by atoms with Crippen LogP contribution in [0.15, 0.2) is 33.4 Å². The number of methoxy groups -OCH3 is 1. The van der Waals surface area contributed by atoms with Gasteiger partial charge in [-0.2, -0.15) is 0 Å². The molecule has 2 aromatic rings. The van der Waals surface area contributed by atoms with Crippen LogP contribution in [0, 0.1) is 6.92 Å². The first-order chi connectivity index (χ1) is 9.20. The van der Waals surface area contributed by atoms with Gasteiger partial charge in [0.1, 0.15) is 6.26 Å². The average molecular weight is 325 g/mol. The lowest BCUT2D eigenvalue weighted by Crippen LogP contribution is -2.18. The van der Waals surface area contributed by atoms with Gasteiger partial charge in [0.05, 0.1) is 12.3 Å². The van der Waals surface area contributed by atoms with Crippen LogP contribution in [0.25, 0.3) is 11.5 Å². The highest BCUT2D eigenvalue weighted by Gasteiger charge is 2.07. The second kappa shape index (κ2) is 6.84. The SMILES string of the molecule is COCCNCc1coc(-c2ccc(Br)c(C)c2)n1. The molecular formula is C14H17BrN2O2. The van der Waals surface area contributed by atoms with Crippen molar-refractivity contribution in [1.29, 1.82) is 0 Å². The van der Waals surface area contributed by atoms with Gasteiger partial charge in [-0.1, -0.05) is 15.9 Å². The van der Waals surface area contributed by atoms with Crippen LogP contribution in [0.5, 0.6) is 0 Å². The monoisotopic (exact) mass is 324 g/mol. The Labute approximate surface area is 121 Å². The molecule has 19 heavy (non-hydrogen) atoms. The Morgan fingerprint density at radius 2 is 2.26 bits per heavy atom. The van der Waals surface area contributed by atoms with Gasteiger partial charge in [0.2, 0.25) is 5.89 Å². The van der Waals surface area contributed by atoms with Crippen molar-refractivity contribution in [3.63, 3.8) is 0 Å². The maximum Gasteiger partial charge on any atom is 0.226 e. The number of halogens is 1. The van der Waals surface area contributed by atoms with Crippen molar-refractivity contribution in [2.24, 2.45) is 0 Å². The molecule has 0 aliphatic carbocycles. The van der Waals surface area contributed by atoms with E-state index in [9.17, 15) is 0 Å². The van der Waals surface area contributed by atoms with Crippen molar-refractivity contribution in [1.82, 2.24) is 10.3 Å². The van der Waals surface area contributed by atoms with Gasteiger partial charge >= 0.3 is 0 Å². The van der Waals surface area contributed by atoms with Gasteiger partial charge in [-0.15, -0.1) is 0 Å². The van der Waals surface area contributed by atoms with E-state index in [0.717, 1.165) is 27.8 Å². The lowest BCUT2D eigenvalue weighted by molar-refractivity contribution is 0.199. The van der Waals surface area contributed by atoms with Gasteiger partial charge in [0.25, 0.3) is 0 Å². The Kier molecular flexibility index (Phi) is 5.13. The van der Waals surface area contributed by atoms with Crippen molar-refractivity contribution in [2.75, 3.05) is 20.3 Å². The first-order valence-corrected chi connectivity index (χ1v) is 6.90. The summed E-state index contributed by atoms with van der Waals surface area (Å²) in [6, 6.07) is 6.05. The number of ether oxygens (including phenoxy) is 1. The molecule has 0 radical (unpaired) electrons. The van der Waals surface area contributed by atoms with Crippen LogP contribution in [-0.2, 0) is 11.3 Å². The van der Waals surface area contributed by atoms with Crippen molar-refractivity contribution in [3.05, 3.63) is 40.2 Å². The lowest BCUT2D eigenvalue weighted by Gasteiger charge is -2.01. The van der Waals surface area contributed by atoms with E-state index in [1.54, 1.807) is 13.4 Å². The van der Waals surface area contributed by atoms with Crippen LogP contribution in [-0.4, -0.2) is 25.2 Å². The fourth-order valence-corrected chi connectivity index (χ4v) is 1.94. The molecule has 1 heterocycles. The van der Waals surface area contributed by atoms with Gasteiger partial charge < -0.3 is 14.5 Å². The fourth-order valence-electron chi connectivity index (χ4n) is 1.69. The highest BCUT2D eigenvalue weighted by atomic mass is 79.9. The third-order valence-corrected chi connectivity index (χ3v) is 3.64. The molecule has 1 aromatic carbocycles. The van der Waals surface area contributed by atoms with E-state index in [2.05, 4.69) is 32.3 Å². The number of rotatable bonds is 6. The van der Waals surface area contributed by atoms with Crippen molar-refractivity contribution in [3.8, 4) is 11.5 Å². The molecule has 1 N–H and O–H groups in total. The van der Waals surface area contributed by atoms with Crippen molar-refractivity contribution in [2.45, 2.75) is 13.5 Å². The zero-order valence-corrected chi connectivity index (χ0v) is 12.7. The molecule has 102 valence electrons. The van der Waals surface area contributed by atoms with Crippen LogP contribution >= 0.6 is 15.9 Å². The summed E-state index contributed by atoms with van der Waals surface area (Å²) in [6.45, 7) is 4.22. The van der Waals surface area contributed by atoms with E-state index < -0.39 is 0 Å². The van der Waals surface area contributed by atoms with Crippen LogP contribution < -0.4 is 5.32 Å². The van der Waals surface area contributed by atoms with Gasteiger partial charge in [-0.25, -0.2) is 4.98 Å². The molecule has 4 nitrogen and oxygen atoms in total. The Morgan fingerprint density at radius 3 is 3.00 bits per heavy atom. The highest BCUT2D eigenvalue weighted by molar-refractivity contribution is 9.10. The molecule has 0 unspecified atom stereocenters. The first kappa shape index (κ1) is 14.2. The second-order valence-corrected chi connectivity index (χ2v) is 5.13. The Morgan fingerprint density at radius 1 is 1.42 bits per heavy atom. The minimum atomic E-state index is 0.652. The number of aryl methyl sites for hydroxylation is 1. The normalized spacial score (nSPS) is 10.9. The number of oxazole rings is 1. The summed E-state index contributed by atoms with van der Waals surface area (Å²) in [5.41, 5.74) is 3.05. The first-order valence-electron chi connectivity index (χ1n) is 6.11. The topological polar surface area (TPSA) is 47.3 Å². The molecule has 0 atom stereocenters. The van der Waals surface area contributed by atoms with E-state index in [1.807, 2.05) is 19.1 Å². The third-order valence-electron chi connectivity index (χ3n) is 2.75. The summed E-state index contributed by atoms with van der Waals surface area (Å²) in [4.78, 5) is 4.46. The molecule has 0 aliphatic rings. The average Bonchev–Trinajstić information content (AvgIpc) is 2.87. The molecule has 0 spiro atoms. The number of nitrogens with one attached hydrogen (secondary N) is 1. The van der Waals surface area contributed by atoms with E-state index in [-0.39, 0.29) is 0 Å². The largest absolute Gasteiger partial charge is 0.444 e. The molecular weight excluding hydrogens is 308 g/mol. The Balaban J connectivity index is 2.01. The zero-order valence-electron chi connectivity index (χ0n) is 11.1. The Hall–Kier alpha value is -1.17. The second-order valence-electron chi connectivity index (χ2n) is 4.28. The predicted octanol–water partition coefficient (Wildman–Crippen LogP) is 3.15. The molecule has 5 heteroatoms. The van der Waals surface area contributed by atoms with Crippen molar-refractivity contribution < 1.29 is 9.15 Å². The summed E-state index contributed by atoms with van der Waals surface area (Å²) >= 11 is 3.48. The summed E-state index contributed by atoms with van der Waals surface area (Å²) in [5, 5.41) is 3.23. The summed E-state index contributed by atoms with van der Waals surface area (Å²) in [6.07, 6.45) is 1.69. The summed E-state index contributed by atoms with van der Waals surface area (Å²) in [7, 11) is 1.69. The minimum absolute atomic E-state index is 0.652. The zero-order chi connectivity index (χ0) is 13.7. The van der Waals surface area contributed by atoms with Crippen LogP contribution in [0.4, 0.5) is 0 Å². The minimum Gasteiger partial charge on any atom is -0.444 e. The number of hydrogen-bond acceptors (Lipinski definition) is 4. The quantitative estimate of drug-likeness (QED) is 0.829. The van der Waals surface area contributed by atoms with Crippen molar-refractivity contribution >= 4 is 15.9 Å². The number of nitrogens with zero attached hydrogens (tertiary/aromatic N) is 1. The maximum absolute atomic E-state index is 5.50. The number of hydrogen-bond donors (Lipinski definition) is 1. The molecule has 0 amide bonds.